The summed E-state index contributed by atoms with van der Waals surface area (Å²) < 4.78 is 11.5. The van der Waals surface area contributed by atoms with Gasteiger partial charge in [0.2, 0.25) is 0 Å². The van der Waals surface area contributed by atoms with E-state index in [-0.39, 0.29) is 12.0 Å². The monoisotopic (exact) mass is 580 g/mol. The molecule has 3 rings (SSSR count). The van der Waals surface area contributed by atoms with Crippen molar-refractivity contribution in [2.24, 2.45) is 0 Å². The van der Waals surface area contributed by atoms with Gasteiger partial charge in [0.25, 0.3) is 0 Å². The average molecular weight is 582 g/mol. The number of alkyl carbamates (subject to hydrolysis) is 1. The molecule has 2 aromatic rings. The first kappa shape index (κ1) is 31.4. The number of benzene rings is 1. The molecule has 0 radical (unpaired) electrons. The van der Waals surface area contributed by atoms with Crippen molar-refractivity contribution < 1.29 is 19.4 Å². The van der Waals surface area contributed by atoms with Crippen molar-refractivity contribution in [3.05, 3.63) is 57.8 Å². The van der Waals surface area contributed by atoms with E-state index in [1.807, 2.05) is 29.3 Å². The number of carbonyl (C=O) groups excluding carboxylic acids is 1. The Balaban J connectivity index is 1.68. The summed E-state index contributed by atoms with van der Waals surface area (Å²) in [6.07, 6.45) is 2.96. The van der Waals surface area contributed by atoms with Crippen LogP contribution in [0.3, 0.4) is 0 Å². The fourth-order valence-corrected chi connectivity index (χ4v) is 5.38. The van der Waals surface area contributed by atoms with E-state index < -0.39 is 18.4 Å². The predicted octanol–water partition coefficient (Wildman–Crippen LogP) is 5.35. The minimum atomic E-state index is -0.928. The number of hydrogen-bond acceptors (Lipinski definition) is 7. The van der Waals surface area contributed by atoms with E-state index in [9.17, 15) is 9.90 Å². The number of rotatable bonds is 12. The highest BCUT2D eigenvalue weighted by Gasteiger charge is 2.33. The second kappa shape index (κ2) is 15.1. The summed E-state index contributed by atoms with van der Waals surface area (Å²) in [6.45, 7) is 7.61. The number of pyridine rings is 1. The smallest absolute Gasteiger partial charge is 0.407 e. The van der Waals surface area contributed by atoms with Crippen molar-refractivity contribution in [3.63, 3.8) is 0 Å². The molecule has 0 spiro atoms. The summed E-state index contributed by atoms with van der Waals surface area (Å²) in [4.78, 5) is 21.3. The Bertz CT molecular complexity index is 1060. The zero-order valence-electron chi connectivity index (χ0n) is 23.6. The van der Waals surface area contributed by atoms with Gasteiger partial charge in [-0.25, -0.2) is 4.79 Å². The lowest BCUT2D eigenvalue weighted by molar-refractivity contribution is -0.0371. The first-order valence-corrected chi connectivity index (χ1v) is 14.4. The number of nitrogens with zero attached hydrogens (tertiary/aromatic N) is 3. The Morgan fingerprint density at radius 1 is 1.23 bits per heavy atom. The molecule has 1 fully saturated rings. The molecule has 2 heterocycles. The third-order valence-corrected chi connectivity index (χ3v) is 7.77. The molecule has 3 unspecified atom stereocenters. The van der Waals surface area contributed by atoms with Gasteiger partial charge in [0.05, 0.1) is 17.8 Å². The van der Waals surface area contributed by atoms with Crippen LogP contribution in [0.4, 0.5) is 4.79 Å². The first-order valence-electron chi connectivity index (χ1n) is 13.7. The second-order valence-electron chi connectivity index (χ2n) is 10.6. The Labute approximate surface area is 242 Å². The maximum Gasteiger partial charge on any atom is 0.407 e. The van der Waals surface area contributed by atoms with Crippen LogP contribution in [0.2, 0.25) is 10.0 Å². The van der Waals surface area contributed by atoms with Gasteiger partial charge >= 0.3 is 6.09 Å². The maximum atomic E-state index is 12.5. The Morgan fingerprint density at radius 3 is 2.56 bits per heavy atom. The number of aliphatic hydroxyl groups is 1. The molecule has 1 aliphatic heterocycles. The molecule has 39 heavy (non-hydrogen) atoms. The predicted molar refractivity (Wildman–Crippen MR) is 156 cm³/mol. The topological polar surface area (TPSA) is 87.2 Å². The molecule has 0 bridgehead atoms. The van der Waals surface area contributed by atoms with Gasteiger partial charge in [0, 0.05) is 41.3 Å². The minimum absolute atomic E-state index is 0.215. The highest BCUT2D eigenvalue weighted by atomic mass is 35.5. The van der Waals surface area contributed by atoms with E-state index in [4.69, 9.17) is 32.7 Å². The third-order valence-electron chi connectivity index (χ3n) is 7.18. The van der Waals surface area contributed by atoms with E-state index in [0.717, 1.165) is 36.3 Å². The third kappa shape index (κ3) is 9.22. The maximum absolute atomic E-state index is 12.5. The van der Waals surface area contributed by atoms with Crippen LogP contribution in [-0.2, 0) is 11.2 Å². The average Bonchev–Trinajstić information content (AvgIpc) is 2.89. The molecule has 3 atom stereocenters. The van der Waals surface area contributed by atoms with Crippen molar-refractivity contribution in [2.45, 2.75) is 76.8 Å². The lowest BCUT2D eigenvalue weighted by Gasteiger charge is -2.38. The van der Waals surface area contributed by atoms with Crippen LogP contribution in [0.25, 0.3) is 0 Å². The van der Waals surface area contributed by atoms with Gasteiger partial charge in [0.15, 0.2) is 0 Å². The Morgan fingerprint density at radius 2 is 1.95 bits per heavy atom. The van der Waals surface area contributed by atoms with Crippen LogP contribution >= 0.6 is 23.2 Å². The normalized spacial score (nSPS) is 17.2. The number of likely N-dealkylation sites (N-methyl/N-ethyl adjacent to an activating group) is 1. The lowest BCUT2D eigenvalue weighted by Crippen LogP contribution is -2.54. The van der Waals surface area contributed by atoms with Gasteiger partial charge < -0.3 is 24.8 Å². The SMILES string of the molecule is CCC(COc1cccnc1C1CCN(C(O)C(Cc2ccc(Cl)cc2Cl)NC(=O)OC(C)C)CC1)N(C)C. The summed E-state index contributed by atoms with van der Waals surface area (Å²) in [6, 6.07) is 8.82. The van der Waals surface area contributed by atoms with Crippen LogP contribution in [0.15, 0.2) is 36.5 Å². The number of ether oxygens (including phenoxy) is 2. The molecule has 1 saturated heterocycles. The van der Waals surface area contributed by atoms with Gasteiger partial charge in [-0.05, 0) is 83.5 Å². The largest absolute Gasteiger partial charge is 0.490 e. The van der Waals surface area contributed by atoms with Crippen molar-refractivity contribution in [1.82, 2.24) is 20.1 Å². The van der Waals surface area contributed by atoms with E-state index in [0.29, 0.717) is 42.2 Å². The van der Waals surface area contributed by atoms with Gasteiger partial charge in [-0.15, -0.1) is 0 Å². The number of piperidine rings is 1. The molecule has 1 aromatic heterocycles. The molecule has 2 N–H and O–H groups in total. The zero-order chi connectivity index (χ0) is 28.5. The molecule has 216 valence electrons. The highest BCUT2D eigenvalue weighted by molar-refractivity contribution is 6.35. The number of nitrogens with one attached hydrogen (secondary N) is 1. The lowest BCUT2D eigenvalue weighted by atomic mass is 9.91. The Kier molecular flexibility index (Phi) is 12.1. The molecular formula is C29H42Cl2N4O4. The molecule has 10 heteroatoms. The number of aromatic nitrogens is 1. The summed E-state index contributed by atoms with van der Waals surface area (Å²) in [5.41, 5.74) is 1.74. The summed E-state index contributed by atoms with van der Waals surface area (Å²) in [5.74, 6) is 1.04. The van der Waals surface area contributed by atoms with E-state index >= 15 is 0 Å². The van der Waals surface area contributed by atoms with Crippen molar-refractivity contribution in [3.8, 4) is 5.75 Å². The van der Waals surface area contributed by atoms with E-state index in [1.54, 1.807) is 26.0 Å². The number of carbonyl (C=O) groups is 1. The van der Waals surface area contributed by atoms with E-state index in [1.165, 1.54) is 0 Å². The molecule has 1 aliphatic rings. The quantitative estimate of drug-likeness (QED) is 0.350. The van der Waals surface area contributed by atoms with Gasteiger partial charge in [-0.2, -0.15) is 0 Å². The molecule has 1 amide bonds. The molecule has 8 nitrogen and oxygen atoms in total. The number of aliphatic hydroxyl groups excluding tert-OH is 1. The number of hydrogen-bond donors (Lipinski definition) is 2. The molecular weight excluding hydrogens is 539 g/mol. The van der Waals surface area contributed by atoms with Crippen molar-refractivity contribution >= 4 is 29.3 Å². The molecule has 0 saturated carbocycles. The summed E-state index contributed by atoms with van der Waals surface area (Å²) in [5, 5.41) is 15.3. The minimum Gasteiger partial charge on any atom is -0.490 e. The number of halogens is 2. The Hall–Kier alpha value is -2.10. The molecule has 0 aliphatic carbocycles. The van der Waals surface area contributed by atoms with Gasteiger partial charge in [-0.1, -0.05) is 36.2 Å². The van der Waals surface area contributed by atoms with Gasteiger partial charge in [0.1, 0.15) is 18.6 Å². The summed E-state index contributed by atoms with van der Waals surface area (Å²) in [7, 11) is 4.13. The first-order chi connectivity index (χ1) is 18.6. The number of amides is 1. The molecule has 1 aromatic carbocycles. The highest BCUT2D eigenvalue weighted by Crippen LogP contribution is 2.34. The van der Waals surface area contributed by atoms with Crippen LogP contribution in [0.1, 0.15) is 57.2 Å². The van der Waals surface area contributed by atoms with Crippen molar-refractivity contribution in [2.75, 3.05) is 33.8 Å². The van der Waals surface area contributed by atoms with E-state index in [2.05, 4.69) is 36.2 Å². The van der Waals surface area contributed by atoms with Crippen LogP contribution < -0.4 is 10.1 Å². The number of likely N-dealkylation sites (tertiary alicyclic amines) is 1. The van der Waals surface area contributed by atoms with Crippen LogP contribution in [0.5, 0.6) is 5.75 Å². The van der Waals surface area contributed by atoms with Crippen LogP contribution in [0, 0.1) is 0 Å². The van der Waals surface area contributed by atoms with Crippen molar-refractivity contribution in [1.29, 1.82) is 0 Å². The van der Waals surface area contributed by atoms with Gasteiger partial charge in [-0.3, -0.25) is 9.88 Å². The fraction of sp³-hybridized carbons (Fsp3) is 0.586. The fourth-order valence-electron chi connectivity index (χ4n) is 4.90. The zero-order valence-corrected chi connectivity index (χ0v) is 25.1. The summed E-state index contributed by atoms with van der Waals surface area (Å²) >= 11 is 12.5. The second-order valence-corrected chi connectivity index (χ2v) is 11.4. The van der Waals surface area contributed by atoms with Crippen LogP contribution in [-0.4, -0.2) is 84.2 Å². The standard InChI is InChI=1S/C29H42Cl2N4O4/c1-6-23(34(4)5)18-38-26-8-7-13-32-27(26)20-11-14-35(15-12-20)28(36)25(33-29(37)39-19(2)3)16-21-9-10-22(30)17-24(21)31/h7-10,13,17,19-20,23,25,28,36H,6,11-12,14-16,18H2,1-5H3,(H,33,37).